The Hall–Kier alpha value is -0.820. The fourth-order valence-corrected chi connectivity index (χ4v) is 1.18. The van der Waals surface area contributed by atoms with Gasteiger partial charge in [-0.05, 0) is 12.5 Å². The van der Waals surface area contributed by atoms with Gasteiger partial charge in [0.2, 0.25) is 0 Å². The fraction of sp³-hybridized carbons (Fsp3) is 0.333. The van der Waals surface area contributed by atoms with Crippen LogP contribution in [0.15, 0.2) is 30.3 Å². The van der Waals surface area contributed by atoms with Crippen molar-refractivity contribution in [2.45, 2.75) is 19.1 Å². The average molecular weight is 136 g/mol. The molecular formula is C9H10O. The molecule has 1 heteroatoms. The zero-order valence-corrected chi connectivity index (χ0v) is 5.95. The van der Waals surface area contributed by atoms with Crippen molar-refractivity contribution in [3.8, 4) is 0 Å². The molecule has 0 spiro atoms. The van der Waals surface area contributed by atoms with Crippen LogP contribution in [-0.2, 0) is 4.74 Å². The first kappa shape index (κ1) is 5.93. The van der Waals surface area contributed by atoms with E-state index in [2.05, 4.69) is 19.1 Å². The van der Waals surface area contributed by atoms with Gasteiger partial charge in [0.1, 0.15) is 6.10 Å². The van der Waals surface area contributed by atoms with Crippen molar-refractivity contribution in [1.29, 1.82) is 0 Å². The molecule has 1 saturated heterocycles. The van der Waals surface area contributed by atoms with E-state index in [0.717, 1.165) is 0 Å². The molecule has 0 unspecified atom stereocenters. The van der Waals surface area contributed by atoms with Crippen LogP contribution in [-0.4, -0.2) is 6.10 Å². The lowest BCUT2D eigenvalue weighted by atomic mass is 10.1. The molecular weight excluding hydrogens is 126 g/mol. The van der Waals surface area contributed by atoms with E-state index >= 15 is 0 Å². The molecule has 2 atom stereocenters. The predicted molar refractivity (Wildman–Crippen MR) is 39.7 cm³/mol. The monoisotopic (exact) mass is 136 g/mol. The second kappa shape index (κ2) is 2.10. The molecule has 2 rings (SSSR count). The van der Waals surface area contributed by atoms with Gasteiger partial charge < -0.3 is 4.74 Å². The second-order valence-corrected chi connectivity index (χ2v) is 2.67. The topological polar surface area (TPSA) is 12.5 Å². The summed E-state index contributed by atoms with van der Waals surface area (Å²) in [5.74, 6) is 0. The number of benzene rings is 1. The number of hydrogen-bond donors (Lipinski definition) is 0. The Kier molecular flexibility index (Phi) is 1.24. The standard InChI is InChI=1S/C9H10O/c1-7-9(10-7)8-5-3-2-4-6-8/h2-7,9H,1H3/t7-,9+/m1/s1/i10+2. The van der Waals surface area contributed by atoms with Crippen LogP contribution in [0.1, 0.15) is 18.6 Å². The van der Waals surface area contributed by atoms with Crippen molar-refractivity contribution < 1.29 is 4.74 Å². The van der Waals surface area contributed by atoms with Crippen LogP contribution in [0.2, 0.25) is 0 Å². The van der Waals surface area contributed by atoms with E-state index in [-0.39, 0.29) is 0 Å². The molecule has 0 aliphatic carbocycles. The maximum Gasteiger partial charge on any atom is 0.109 e. The van der Waals surface area contributed by atoms with E-state index in [1.54, 1.807) is 0 Å². The van der Waals surface area contributed by atoms with Crippen molar-refractivity contribution >= 4 is 0 Å². The molecule has 0 N–H and O–H groups in total. The molecule has 1 aromatic rings. The van der Waals surface area contributed by atoms with Crippen molar-refractivity contribution in [1.82, 2.24) is 0 Å². The minimum atomic E-state index is 0.376. The summed E-state index contributed by atoms with van der Waals surface area (Å²) in [6.45, 7) is 2.09. The van der Waals surface area contributed by atoms with Crippen LogP contribution >= 0.6 is 0 Å². The Labute approximate surface area is 60.6 Å². The van der Waals surface area contributed by atoms with Gasteiger partial charge in [-0.1, -0.05) is 30.3 Å². The van der Waals surface area contributed by atoms with E-state index in [0.29, 0.717) is 12.2 Å². The summed E-state index contributed by atoms with van der Waals surface area (Å²) in [4.78, 5) is 0. The summed E-state index contributed by atoms with van der Waals surface area (Å²) in [5.41, 5.74) is 1.30. The van der Waals surface area contributed by atoms with E-state index < -0.39 is 0 Å². The molecule has 10 heavy (non-hydrogen) atoms. The first-order valence-corrected chi connectivity index (χ1v) is 3.58. The van der Waals surface area contributed by atoms with Gasteiger partial charge in [0.25, 0.3) is 0 Å². The Morgan fingerprint density at radius 3 is 2.30 bits per heavy atom. The molecule has 0 saturated carbocycles. The molecule has 52 valence electrons. The first-order valence-electron chi connectivity index (χ1n) is 3.58. The highest BCUT2D eigenvalue weighted by molar-refractivity contribution is 5.21. The first-order chi connectivity index (χ1) is 4.88. The third kappa shape index (κ3) is 0.929. The predicted octanol–water partition coefficient (Wildman–Crippen LogP) is 2.15. The SMILES string of the molecule is C[C@H]1[18O][C@@H]1c1ccccc1. The number of ether oxygens (including phenoxy) is 1. The zero-order chi connectivity index (χ0) is 6.97. The molecule has 0 amide bonds. The smallest absolute Gasteiger partial charge is 0.109 e. The van der Waals surface area contributed by atoms with Gasteiger partial charge in [-0.15, -0.1) is 0 Å². The van der Waals surface area contributed by atoms with Crippen LogP contribution in [0.4, 0.5) is 0 Å². The molecule has 1 fully saturated rings. The number of hydrogen-bond acceptors (Lipinski definition) is 1. The van der Waals surface area contributed by atoms with Gasteiger partial charge in [-0.3, -0.25) is 0 Å². The normalized spacial score (nSPS) is 30.1. The largest absolute Gasteiger partial charge is 0.365 e. The molecule has 1 heterocycles. The van der Waals surface area contributed by atoms with Crippen molar-refractivity contribution in [2.75, 3.05) is 0 Å². The third-order valence-electron chi connectivity index (χ3n) is 1.84. The summed E-state index contributed by atoms with van der Waals surface area (Å²) in [7, 11) is 0. The Bertz CT molecular complexity index is 217. The highest BCUT2D eigenvalue weighted by Crippen LogP contribution is 2.37. The zero-order valence-electron chi connectivity index (χ0n) is 5.95. The van der Waals surface area contributed by atoms with Gasteiger partial charge in [-0.2, -0.15) is 0 Å². The average Bonchev–Trinajstić information content (AvgIpc) is 2.69. The molecule has 1 aliphatic heterocycles. The number of rotatable bonds is 1. The Balaban J connectivity index is 2.20. The molecule has 0 bridgehead atoms. The second-order valence-electron chi connectivity index (χ2n) is 2.67. The molecule has 1 aliphatic rings. The lowest BCUT2D eigenvalue weighted by Gasteiger charge is -1.90. The quantitative estimate of drug-likeness (QED) is 0.425. The summed E-state index contributed by atoms with van der Waals surface area (Å²) in [6, 6.07) is 10.3. The van der Waals surface area contributed by atoms with Crippen LogP contribution in [0, 0.1) is 0 Å². The van der Waals surface area contributed by atoms with E-state index in [1.807, 2.05) is 18.2 Å². The van der Waals surface area contributed by atoms with Crippen LogP contribution < -0.4 is 0 Å². The lowest BCUT2D eigenvalue weighted by Crippen LogP contribution is -1.80. The maximum absolute atomic E-state index is 5.30. The van der Waals surface area contributed by atoms with E-state index in [4.69, 9.17) is 4.74 Å². The molecule has 0 aromatic heterocycles. The van der Waals surface area contributed by atoms with Gasteiger partial charge >= 0.3 is 0 Å². The maximum atomic E-state index is 5.30. The highest BCUT2D eigenvalue weighted by atomic mass is 18.4. The van der Waals surface area contributed by atoms with Gasteiger partial charge in [-0.25, -0.2) is 0 Å². The third-order valence-corrected chi connectivity index (χ3v) is 1.84. The van der Waals surface area contributed by atoms with Crippen LogP contribution in [0.5, 0.6) is 0 Å². The minimum absolute atomic E-state index is 0.376. The fourth-order valence-electron chi connectivity index (χ4n) is 1.18. The Morgan fingerprint density at radius 2 is 1.80 bits per heavy atom. The summed E-state index contributed by atoms with van der Waals surface area (Å²) in [6.07, 6.45) is 0.809. The molecule has 1 nitrogen and oxygen atoms in total. The van der Waals surface area contributed by atoms with Gasteiger partial charge in [0, 0.05) is 0 Å². The van der Waals surface area contributed by atoms with Crippen molar-refractivity contribution in [3.05, 3.63) is 35.9 Å². The minimum Gasteiger partial charge on any atom is -0.365 e. The van der Waals surface area contributed by atoms with Crippen LogP contribution in [0.25, 0.3) is 0 Å². The summed E-state index contributed by atoms with van der Waals surface area (Å²) >= 11 is 0. The van der Waals surface area contributed by atoms with Gasteiger partial charge in [0.15, 0.2) is 0 Å². The summed E-state index contributed by atoms with van der Waals surface area (Å²) < 4.78 is 5.30. The Morgan fingerprint density at radius 1 is 1.20 bits per heavy atom. The van der Waals surface area contributed by atoms with E-state index in [1.165, 1.54) is 5.56 Å². The van der Waals surface area contributed by atoms with Crippen LogP contribution in [0.3, 0.4) is 0 Å². The molecule has 0 radical (unpaired) electrons. The highest BCUT2D eigenvalue weighted by Gasteiger charge is 2.35. The van der Waals surface area contributed by atoms with Gasteiger partial charge in [0.05, 0.1) is 6.10 Å². The van der Waals surface area contributed by atoms with Crippen molar-refractivity contribution in [2.24, 2.45) is 0 Å². The summed E-state index contributed by atoms with van der Waals surface area (Å²) in [5, 5.41) is 0. The van der Waals surface area contributed by atoms with Crippen molar-refractivity contribution in [3.63, 3.8) is 0 Å². The van der Waals surface area contributed by atoms with E-state index in [9.17, 15) is 0 Å². The number of epoxide rings is 1. The molecule has 1 aromatic carbocycles. The lowest BCUT2D eigenvalue weighted by molar-refractivity contribution is 0.383.